The van der Waals surface area contributed by atoms with Gasteiger partial charge in [0.1, 0.15) is 0 Å². The first-order valence-electron chi connectivity index (χ1n) is 7.81. The van der Waals surface area contributed by atoms with Gasteiger partial charge < -0.3 is 15.5 Å². The molecule has 1 aliphatic rings. The normalized spacial score (nSPS) is 15.1. The third-order valence-electron chi connectivity index (χ3n) is 4.00. The van der Waals surface area contributed by atoms with Gasteiger partial charge in [-0.05, 0) is 44.1 Å². The van der Waals surface area contributed by atoms with Crippen molar-refractivity contribution in [1.29, 1.82) is 0 Å². The largest absolute Gasteiger partial charge is 0.417 e. The summed E-state index contributed by atoms with van der Waals surface area (Å²) < 4.78 is 38.5. The molecule has 0 atom stereocenters. The number of likely N-dealkylation sites (N-methyl/N-ethyl adjacent to an activating group) is 1. The number of piperidine rings is 1. The Labute approximate surface area is 160 Å². The predicted octanol–water partition coefficient (Wildman–Crippen LogP) is 3.18. The standard InChI is InChI=1S/C16H19ClF3N3O2.ClH/c1-23(15(25)10-4-6-21-7-5-10)9-14(24)22-11-2-3-13(17)12(8-11)16(18,19)20;/h2-3,8,10,21H,4-7,9H2,1H3,(H,22,24);1H. The molecule has 1 aliphatic heterocycles. The SMILES string of the molecule is CN(CC(=O)Nc1ccc(Cl)c(C(F)(F)F)c1)C(=O)C1CCNCC1.Cl. The summed E-state index contributed by atoms with van der Waals surface area (Å²) in [7, 11) is 1.51. The van der Waals surface area contributed by atoms with E-state index in [1.807, 2.05) is 0 Å². The fourth-order valence-electron chi connectivity index (χ4n) is 2.69. The number of nitrogens with one attached hydrogen (secondary N) is 2. The summed E-state index contributed by atoms with van der Waals surface area (Å²) in [6.45, 7) is 1.27. The Kier molecular flexibility index (Phi) is 8.17. The highest BCUT2D eigenvalue weighted by Crippen LogP contribution is 2.36. The van der Waals surface area contributed by atoms with Crippen LogP contribution in [0.5, 0.6) is 0 Å². The molecule has 0 spiro atoms. The van der Waals surface area contributed by atoms with Crippen molar-refractivity contribution < 1.29 is 22.8 Å². The summed E-state index contributed by atoms with van der Waals surface area (Å²) in [5.74, 6) is -0.838. The summed E-state index contributed by atoms with van der Waals surface area (Å²) in [5, 5.41) is 5.08. The van der Waals surface area contributed by atoms with Crippen molar-refractivity contribution in [3.05, 3.63) is 28.8 Å². The molecule has 0 aromatic heterocycles. The van der Waals surface area contributed by atoms with Gasteiger partial charge in [-0.15, -0.1) is 12.4 Å². The number of hydrogen-bond acceptors (Lipinski definition) is 3. The zero-order valence-corrected chi connectivity index (χ0v) is 15.6. The van der Waals surface area contributed by atoms with Gasteiger partial charge in [-0.1, -0.05) is 11.6 Å². The van der Waals surface area contributed by atoms with E-state index in [9.17, 15) is 22.8 Å². The number of amides is 2. The van der Waals surface area contributed by atoms with Crippen molar-refractivity contribution in [3.8, 4) is 0 Å². The second kappa shape index (κ2) is 9.43. The third kappa shape index (κ3) is 6.03. The maximum Gasteiger partial charge on any atom is 0.417 e. The average molecular weight is 414 g/mol. The molecule has 1 fully saturated rings. The highest BCUT2D eigenvalue weighted by atomic mass is 35.5. The van der Waals surface area contributed by atoms with E-state index in [4.69, 9.17) is 11.6 Å². The van der Waals surface area contributed by atoms with Crippen LogP contribution in [0.1, 0.15) is 18.4 Å². The highest BCUT2D eigenvalue weighted by Gasteiger charge is 2.33. The van der Waals surface area contributed by atoms with Crippen molar-refractivity contribution in [1.82, 2.24) is 10.2 Å². The number of alkyl halides is 3. The molecule has 1 heterocycles. The van der Waals surface area contributed by atoms with Crippen LogP contribution in [0.4, 0.5) is 18.9 Å². The highest BCUT2D eigenvalue weighted by molar-refractivity contribution is 6.31. The molecular formula is C16H20Cl2F3N3O2. The van der Waals surface area contributed by atoms with Crippen molar-refractivity contribution in [3.63, 3.8) is 0 Å². The van der Waals surface area contributed by atoms with Crippen LogP contribution in [0.25, 0.3) is 0 Å². The Morgan fingerprint density at radius 2 is 1.92 bits per heavy atom. The molecule has 26 heavy (non-hydrogen) atoms. The number of nitrogens with zero attached hydrogens (tertiary/aromatic N) is 1. The predicted molar refractivity (Wildman–Crippen MR) is 95.6 cm³/mol. The van der Waals surface area contributed by atoms with E-state index in [1.54, 1.807) is 0 Å². The van der Waals surface area contributed by atoms with Gasteiger partial charge in [-0.2, -0.15) is 13.2 Å². The average Bonchev–Trinajstić information content (AvgIpc) is 2.55. The smallest absolute Gasteiger partial charge is 0.336 e. The van der Waals surface area contributed by atoms with E-state index in [-0.39, 0.29) is 36.5 Å². The Morgan fingerprint density at radius 1 is 1.31 bits per heavy atom. The van der Waals surface area contributed by atoms with Crippen molar-refractivity contribution in [2.24, 2.45) is 5.92 Å². The molecule has 146 valence electrons. The van der Waals surface area contributed by atoms with Gasteiger partial charge >= 0.3 is 6.18 Å². The maximum atomic E-state index is 12.8. The number of rotatable bonds is 4. The molecule has 2 rings (SSSR count). The van der Waals surface area contributed by atoms with Crippen LogP contribution in [0.3, 0.4) is 0 Å². The van der Waals surface area contributed by atoms with Crippen LogP contribution in [0.2, 0.25) is 5.02 Å². The fraction of sp³-hybridized carbons (Fsp3) is 0.500. The van der Waals surface area contributed by atoms with Crippen molar-refractivity contribution in [2.75, 3.05) is 32.0 Å². The molecule has 2 amide bonds. The van der Waals surface area contributed by atoms with Crippen LogP contribution in [-0.4, -0.2) is 43.4 Å². The van der Waals surface area contributed by atoms with Gasteiger partial charge in [0, 0.05) is 18.7 Å². The number of anilines is 1. The number of carbonyl (C=O) groups is 2. The van der Waals surface area contributed by atoms with Gasteiger partial charge in [-0.3, -0.25) is 9.59 Å². The first-order valence-corrected chi connectivity index (χ1v) is 8.18. The molecule has 1 saturated heterocycles. The lowest BCUT2D eigenvalue weighted by Gasteiger charge is -2.26. The molecule has 10 heteroatoms. The molecule has 1 aromatic carbocycles. The van der Waals surface area contributed by atoms with Crippen molar-refractivity contribution >= 4 is 41.5 Å². The van der Waals surface area contributed by atoms with Crippen LogP contribution in [0.15, 0.2) is 18.2 Å². The minimum atomic E-state index is -4.61. The van der Waals surface area contributed by atoms with E-state index < -0.39 is 22.7 Å². The monoisotopic (exact) mass is 413 g/mol. The van der Waals surface area contributed by atoms with Gasteiger partial charge in [0.15, 0.2) is 0 Å². The lowest BCUT2D eigenvalue weighted by molar-refractivity contribution is -0.137. The summed E-state index contributed by atoms with van der Waals surface area (Å²) >= 11 is 5.54. The lowest BCUT2D eigenvalue weighted by Crippen LogP contribution is -2.42. The number of carbonyl (C=O) groups excluding carboxylic acids is 2. The van der Waals surface area contributed by atoms with Crippen LogP contribution in [0, 0.1) is 5.92 Å². The van der Waals surface area contributed by atoms with E-state index in [1.165, 1.54) is 18.0 Å². The van der Waals surface area contributed by atoms with Gasteiger partial charge in [0.2, 0.25) is 11.8 Å². The summed E-state index contributed by atoms with van der Waals surface area (Å²) in [4.78, 5) is 25.6. The quantitative estimate of drug-likeness (QED) is 0.796. The van der Waals surface area contributed by atoms with Gasteiger partial charge in [-0.25, -0.2) is 0 Å². The maximum absolute atomic E-state index is 12.8. The van der Waals surface area contributed by atoms with Gasteiger partial charge in [0.25, 0.3) is 0 Å². The molecule has 0 bridgehead atoms. The van der Waals surface area contributed by atoms with E-state index in [2.05, 4.69) is 10.6 Å². The summed E-state index contributed by atoms with van der Waals surface area (Å²) in [6.07, 6.45) is -3.20. The molecule has 0 saturated carbocycles. The molecule has 0 aliphatic carbocycles. The van der Waals surface area contributed by atoms with E-state index >= 15 is 0 Å². The minimum Gasteiger partial charge on any atom is -0.336 e. The molecule has 2 N–H and O–H groups in total. The Balaban J connectivity index is 0.00000338. The topological polar surface area (TPSA) is 61.4 Å². The second-order valence-corrected chi connectivity index (χ2v) is 6.37. The zero-order chi connectivity index (χ0) is 18.6. The second-order valence-electron chi connectivity index (χ2n) is 5.96. The van der Waals surface area contributed by atoms with Gasteiger partial charge in [0.05, 0.1) is 17.1 Å². The zero-order valence-electron chi connectivity index (χ0n) is 14.0. The minimum absolute atomic E-state index is 0. The molecule has 0 unspecified atom stereocenters. The third-order valence-corrected chi connectivity index (χ3v) is 4.33. The molecule has 5 nitrogen and oxygen atoms in total. The van der Waals surface area contributed by atoms with Crippen LogP contribution >= 0.6 is 24.0 Å². The molecule has 0 radical (unpaired) electrons. The molecule has 1 aromatic rings. The van der Waals surface area contributed by atoms with E-state index in [0.29, 0.717) is 12.8 Å². The first-order chi connectivity index (χ1) is 11.7. The molecular weight excluding hydrogens is 394 g/mol. The lowest BCUT2D eigenvalue weighted by atomic mass is 9.97. The Hall–Kier alpha value is -1.51. The number of hydrogen-bond donors (Lipinski definition) is 2. The Morgan fingerprint density at radius 3 is 2.50 bits per heavy atom. The number of halogens is 5. The summed E-state index contributed by atoms with van der Waals surface area (Å²) in [6, 6.07) is 3.13. The summed E-state index contributed by atoms with van der Waals surface area (Å²) in [5.41, 5.74) is -1.05. The van der Waals surface area contributed by atoms with Crippen LogP contribution < -0.4 is 10.6 Å². The van der Waals surface area contributed by atoms with Crippen molar-refractivity contribution in [2.45, 2.75) is 19.0 Å². The van der Waals surface area contributed by atoms with E-state index in [0.717, 1.165) is 25.2 Å². The fourth-order valence-corrected chi connectivity index (χ4v) is 2.92. The first kappa shape index (κ1) is 22.5. The number of benzene rings is 1. The van der Waals surface area contributed by atoms with Crippen LogP contribution in [-0.2, 0) is 15.8 Å². The Bertz CT molecular complexity index is 650.